The zero-order chi connectivity index (χ0) is 24.6. The Hall–Kier alpha value is -3.35. The highest BCUT2D eigenvalue weighted by Crippen LogP contribution is 2.45. The molecule has 6 heteroatoms. The van der Waals surface area contributed by atoms with Crippen LogP contribution in [0.15, 0.2) is 102 Å². The third-order valence-corrected chi connectivity index (χ3v) is 8.19. The van der Waals surface area contributed by atoms with E-state index in [9.17, 15) is 14.7 Å². The maximum absolute atomic E-state index is 13.6. The lowest BCUT2D eigenvalue weighted by atomic mass is 9.76. The van der Waals surface area contributed by atoms with Crippen molar-refractivity contribution < 1.29 is 14.7 Å². The molecule has 5 rings (SSSR count). The monoisotopic (exact) mass is 484 g/mol. The molecule has 0 radical (unpaired) electrons. The fourth-order valence-corrected chi connectivity index (χ4v) is 6.69. The minimum atomic E-state index is -1.04. The second-order valence-corrected chi connectivity index (χ2v) is 10.3. The van der Waals surface area contributed by atoms with Gasteiger partial charge in [-0.1, -0.05) is 105 Å². The van der Waals surface area contributed by atoms with E-state index >= 15 is 0 Å². The first-order chi connectivity index (χ1) is 16.9. The van der Waals surface area contributed by atoms with Gasteiger partial charge in [0.1, 0.15) is 17.1 Å². The third-order valence-electron chi connectivity index (χ3n) is 6.89. The van der Waals surface area contributed by atoms with Crippen molar-refractivity contribution in [2.24, 2.45) is 5.92 Å². The summed E-state index contributed by atoms with van der Waals surface area (Å²) >= 11 is 1.63. The smallest absolute Gasteiger partial charge is 0.352 e. The molecule has 0 bridgehead atoms. The summed E-state index contributed by atoms with van der Waals surface area (Å²) < 4.78 is 0. The molecule has 2 N–H and O–H groups in total. The van der Waals surface area contributed by atoms with Crippen LogP contribution in [0.3, 0.4) is 0 Å². The first-order valence-corrected chi connectivity index (χ1v) is 12.9. The summed E-state index contributed by atoms with van der Waals surface area (Å²) in [6.07, 6.45) is 0. The molecule has 2 atom stereocenters. The Morgan fingerprint density at radius 1 is 0.914 bits per heavy atom. The van der Waals surface area contributed by atoms with Crippen LogP contribution in [0, 0.1) is 5.92 Å². The summed E-state index contributed by atoms with van der Waals surface area (Å²) in [5, 5.41) is 13.4. The van der Waals surface area contributed by atoms with E-state index in [1.54, 1.807) is 11.8 Å². The van der Waals surface area contributed by atoms with E-state index in [2.05, 4.69) is 41.7 Å². The average Bonchev–Trinajstić information content (AvgIpc) is 2.89. The predicted octanol–water partition coefficient (Wildman–Crippen LogP) is 4.85. The largest absolute Gasteiger partial charge is 0.477 e. The fourth-order valence-electron chi connectivity index (χ4n) is 5.13. The first-order valence-electron chi connectivity index (χ1n) is 11.8. The SMILES string of the molecule is CC(C)C1=C(C(=O)O)N2C(=O)C(NC(c3ccccc3)(c3ccccc3)c3ccccc3)[C@@H]2SC1. The van der Waals surface area contributed by atoms with Gasteiger partial charge in [0, 0.05) is 5.75 Å². The van der Waals surface area contributed by atoms with Gasteiger partial charge in [-0.25, -0.2) is 4.79 Å². The van der Waals surface area contributed by atoms with Crippen LogP contribution in [-0.4, -0.2) is 39.1 Å². The summed E-state index contributed by atoms with van der Waals surface area (Å²) in [6, 6.07) is 29.8. The number of fused-ring (bicyclic) bond motifs is 1. The maximum atomic E-state index is 13.6. The summed E-state index contributed by atoms with van der Waals surface area (Å²) in [5.74, 6) is -0.580. The molecule has 2 aliphatic heterocycles. The summed E-state index contributed by atoms with van der Waals surface area (Å²) in [5.41, 5.74) is 3.22. The number of carboxylic acids is 1. The predicted molar refractivity (Wildman–Crippen MR) is 139 cm³/mol. The molecule has 0 saturated carbocycles. The molecule has 0 aliphatic carbocycles. The number of nitrogens with zero attached hydrogens (tertiary/aromatic N) is 1. The number of nitrogens with one attached hydrogen (secondary N) is 1. The zero-order valence-electron chi connectivity index (χ0n) is 19.7. The van der Waals surface area contributed by atoms with Gasteiger partial charge in [0.05, 0.1) is 5.54 Å². The van der Waals surface area contributed by atoms with Gasteiger partial charge >= 0.3 is 5.97 Å². The number of hydrogen-bond acceptors (Lipinski definition) is 4. The number of amides is 1. The Bertz CT molecular complexity index is 1160. The molecule has 2 aliphatic rings. The van der Waals surface area contributed by atoms with Crippen molar-refractivity contribution in [3.05, 3.63) is 119 Å². The van der Waals surface area contributed by atoms with Gasteiger partial charge in [-0.15, -0.1) is 11.8 Å². The third kappa shape index (κ3) is 3.87. The number of hydrogen-bond donors (Lipinski definition) is 2. The van der Waals surface area contributed by atoms with Gasteiger partial charge in [0.25, 0.3) is 0 Å². The van der Waals surface area contributed by atoms with Gasteiger partial charge in [-0.3, -0.25) is 15.0 Å². The van der Waals surface area contributed by atoms with Crippen LogP contribution in [0.2, 0.25) is 0 Å². The molecule has 2 heterocycles. The molecule has 0 spiro atoms. The molecule has 1 fully saturated rings. The van der Waals surface area contributed by atoms with Crippen LogP contribution in [0.4, 0.5) is 0 Å². The number of carbonyl (C=O) groups is 2. The highest BCUT2D eigenvalue weighted by atomic mass is 32.2. The molecule has 3 aromatic rings. The maximum Gasteiger partial charge on any atom is 0.352 e. The topological polar surface area (TPSA) is 69.6 Å². The van der Waals surface area contributed by atoms with E-state index in [1.165, 1.54) is 4.90 Å². The van der Waals surface area contributed by atoms with Gasteiger partial charge < -0.3 is 5.11 Å². The number of β-lactam (4-membered cyclic amide) rings is 1. The van der Waals surface area contributed by atoms with Crippen LogP contribution >= 0.6 is 11.8 Å². The Balaban J connectivity index is 1.63. The lowest BCUT2D eigenvalue weighted by Crippen LogP contribution is -2.72. The van der Waals surface area contributed by atoms with E-state index < -0.39 is 17.6 Å². The Morgan fingerprint density at radius 3 is 1.77 bits per heavy atom. The highest BCUT2D eigenvalue weighted by molar-refractivity contribution is 8.00. The van der Waals surface area contributed by atoms with E-state index in [1.807, 2.05) is 68.4 Å². The Kier molecular flexibility index (Phi) is 6.26. The average molecular weight is 485 g/mol. The van der Waals surface area contributed by atoms with Crippen LogP contribution in [0.5, 0.6) is 0 Å². The van der Waals surface area contributed by atoms with Gasteiger partial charge in [-0.05, 0) is 28.2 Å². The number of carbonyl (C=O) groups excluding carboxylic acids is 1. The molecule has 1 saturated heterocycles. The van der Waals surface area contributed by atoms with Crippen LogP contribution in [0.25, 0.3) is 0 Å². The summed E-state index contributed by atoms with van der Waals surface area (Å²) in [6.45, 7) is 3.95. The standard InChI is InChI=1S/C29H28N2O3S/c1-19(2)23-18-35-27-24(26(32)31(27)25(23)28(33)34)30-29(20-12-6-3-7-13-20,21-14-8-4-9-15-21)22-16-10-5-11-17-22/h3-17,19,24,27,30H,18H2,1-2H3,(H,33,34)/t24?,27-/m0/s1. The molecular formula is C29H28N2O3S. The van der Waals surface area contributed by atoms with E-state index in [-0.39, 0.29) is 22.9 Å². The van der Waals surface area contributed by atoms with E-state index in [0.717, 1.165) is 22.3 Å². The van der Waals surface area contributed by atoms with Crippen LogP contribution < -0.4 is 5.32 Å². The number of benzene rings is 3. The zero-order valence-corrected chi connectivity index (χ0v) is 20.5. The van der Waals surface area contributed by atoms with Crippen molar-refractivity contribution in [3.63, 3.8) is 0 Å². The van der Waals surface area contributed by atoms with Crippen molar-refractivity contribution in [1.29, 1.82) is 0 Å². The molecule has 1 amide bonds. The van der Waals surface area contributed by atoms with Crippen molar-refractivity contribution in [2.75, 3.05) is 5.75 Å². The minimum Gasteiger partial charge on any atom is -0.477 e. The Labute approximate surface area is 209 Å². The second kappa shape index (κ2) is 9.36. The number of carboxylic acid groups (broad SMARTS) is 1. The molecule has 178 valence electrons. The number of aliphatic carboxylic acids is 1. The molecule has 0 aromatic heterocycles. The number of rotatable bonds is 7. The molecule has 3 aromatic carbocycles. The normalized spacial score (nSPS) is 20.0. The minimum absolute atomic E-state index is 0.0615. The first kappa shape index (κ1) is 23.4. The van der Waals surface area contributed by atoms with Crippen molar-refractivity contribution in [3.8, 4) is 0 Å². The van der Waals surface area contributed by atoms with Crippen molar-refractivity contribution >= 4 is 23.6 Å². The van der Waals surface area contributed by atoms with Gasteiger partial charge in [0.2, 0.25) is 5.91 Å². The lowest BCUT2D eigenvalue weighted by Gasteiger charge is -2.53. The van der Waals surface area contributed by atoms with Gasteiger partial charge in [0.15, 0.2) is 0 Å². The number of thioether (sulfide) groups is 1. The van der Waals surface area contributed by atoms with Crippen molar-refractivity contribution in [1.82, 2.24) is 10.2 Å². The van der Waals surface area contributed by atoms with E-state index in [0.29, 0.717) is 5.75 Å². The highest BCUT2D eigenvalue weighted by Gasteiger charge is 2.56. The summed E-state index contributed by atoms with van der Waals surface area (Å²) in [7, 11) is 0. The van der Waals surface area contributed by atoms with Gasteiger partial charge in [-0.2, -0.15) is 0 Å². The molecule has 35 heavy (non-hydrogen) atoms. The quantitative estimate of drug-likeness (QED) is 0.371. The molecule has 5 nitrogen and oxygen atoms in total. The Morgan fingerprint density at radius 2 is 1.37 bits per heavy atom. The van der Waals surface area contributed by atoms with E-state index in [4.69, 9.17) is 0 Å². The second-order valence-electron chi connectivity index (χ2n) is 9.21. The summed E-state index contributed by atoms with van der Waals surface area (Å²) in [4.78, 5) is 27.3. The van der Waals surface area contributed by atoms with Crippen molar-refractivity contribution in [2.45, 2.75) is 30.8 Å². The van der Waals surface area contributed by atoms with Crippen LogP contribution in [-0.2, 0) is 15.1 Å². The van der Waals surface area contributed by atoms with Crippen LogP contribution in [0.1, 0.15) is 30.5 Å². The molecular weight excluding hydrogens is 456 g/mol. The molecule has 1 unspecified atom stereocenters. The fraction of sp³-hybridized carbons (Fsp3) is 0.241. The lowest BCUT2D eigenvalue weighted by molar-refractivity contribution is -0.149.